The zero-order valence-electron chi connectivity index (χ0n) is 12.0. The number of hydrogen-bond acceptors (Lipinski definition) is 5. The van der Waals surface area contributed by atoms with E-state index in [-0.39, 0.29) is 0 Å². The van der Waals surface area contributed by atoms with E-state index in [0.29, 0.717) is 0 Å². The first kappa shape index (κ1) is 14.0. The predicted molar refractivity (Wildman–Crippen MR) is 78.5 cm³/mol. The number of nitrogens with zero attached hydrogens (tertiary/aromatic N) is 4. The van der Waals surface area contributed by atoms with Crippen molar-refractivity contribution in [3.05, 3.63) is 22.0 Å². The Morgan fingerprint density at radius 2 is 2.05 bits per heavy atom. The van der Waals surface area contributed by atoms with E-state index in [4.69, 9.17) is 0 Å². The van der Waals surface area contributed by atoms with E-state index >= 15 is 0 Å². The molecule has 0 aliphatic heterocycles. The standard InChI is InChI=1S/C13H21N5S/c1-5-6-7-12-15-16-13(19-12)14-8-11-9(2)17-18(4)10(11)3/h5-8H2,1-4H3,(H,14,16). The Kier molecular flexibility index (Phi) is 4.52. The summed E-state index contributed by atoms with van der Waals surface area (Å²) in [7, 11) is 1.97. The second-order valence-electron chi connectivity index (χ2n) is 4.73. The van der Waals surface area contributed by atoms with E-state index < -0.39 is 0 Å². The average Bonchev–Trinajstić information content (AvgIpc) is 2.92. The minimum Gasteiger partial charge on any atom is -0.356 e. The summed E-state index contributed by atoms with van der Waals surface area (Å²) in [6, 6.07) is 0. The van der Waals surface area contributed by atoms with Crippen LogP contribution in [0, 0.1) is 13.8 Å². The van der Waals surface area contributed by atoms with Crippen LogP contribution in [0.3, 0.4) is 0 Å². The van der Waals surface area contributed by atoms with Crippen LogP contribution < -0.4 is 5.32 Å². The summed E-state index contributed by atoms with van der Waals surface area (Å²) in [6.45, 7) is 7.07. The van der Waals surface area contributed by atoms with E-state index in [1.54, 1.807) is 11.3 Å². The van der Waals surface area contributed by atoms with Gasteiger partial charge in [0.2, 0.25) is 5.13 Å². The Morgan fingerprint density at radius 3 is 2.68 bits per heavy atom. The molecule has 0 bridgehead atoms. The van der Waals surface area contributed by atoms with Gasteiger partial charge in [0.15, 0.2) is 0 Å². The SMILES string of the molecule is CCCCc1nnc(NCc2c(C)nn(C)c2C)s1. The Hall–Kier alpha value is -1.43. The molecule has 0 fully saturated rings. The highest BCUT2D eigenvalue weighted by Crippen LogP contribution is 2.19. The van der Waals surface area contributed by atoms with Gasteiger partial charge < -0.3 is 5.32 Å². The van der Waals surface area contributed by atoms with Crippen LogP contribution in [0.5, 0.6) is 0 Å². The van der Waals surface area contributed by atoms with Crippen LogP contribution in [-0.2, 0) is 20.0 Å². The largest absolute Gasteiger partial charge is 0.356 e. The molecular weight excluding hydrogens is 258 g/mol. The Morgan fingerprint density at radius 1 is 1.26 bits per heavy atom. The fourth-order valence-corrected chi connectivity index (χ4v) is 2.77. The van der Waals surface area contributed by atoms with Crippen LogP contribution in [0.4, 0.5) is 5.13 Å². The minimum atomic E-state index is 0.758. The van der Waals surface area contributed by atoms with Gasteiger partial charge in [-0.25, -0.2) is 0 Å². The number of hydrogen-bond donors (Lipinski definition) is 1. The van der Waals surface area contributed by atoms with Crippen molar-refractivity contribution in [1.29, 1.82) is 0 Å². The minimum absolute atomic E-state index is 0.758. The first-order valence-corrected chi connectivity index (χ1v) is 7.48. The Bertz CT molecular complexity index is 543. The number of anilines is 1. The summed E-state index contributed by atoms with van der Waals surface area (Å²) in [5.41, 5.74) is 3.51. The van der Waals surface area contributed by atoms with Gasteiger partial charge in [-0.15, -0.1) is 10.2 Å². The van der Waals surface area contributed by atoms with Gasteiger partial charge >= 0.3 is 0 Å². The Labute approximate surface area is 118 Å². The van der Waals surface area contributed by atoms with Crippen molar-refractivity contribution in [3.63, 3.8) is 0 Å². The van der Waals surface area contributed by atoms with Crippen molar-refractivity contribution in [3.8, 4) is 0 Å². The fourth-order valence-electron chi connectivity index (χ4n) is 1.99. The second kappa shape index (κ2) is 6.14. The number of aryl methyl sites for hydroxylation is 3. The van der Waals surface area contributed by atoms with Crippen LogP contribution in [0.15, 0.2) is 0 Å². The van der Waals surface area contributed by atoms with Gasteiger partial charge in [-0.2, -0.15) is 5.10 Å². The lowest BCUT2D eigenvalue weighted by Gasteiger charge is -2.02. The molecular formula is C13H21N5S. The lowest BCUT2D eigenvalue weighted by Crippen LogP contribution is -2.02. The van der Waals surface area contributed by atoms with Crippen LogP contribution >= 0.6 is 11.3 Å². The van der Waals surface area contributed by atoms with Crippen molar-refractivity contribution < 1.29 is 0 Å². The van der Waals surface area contributed by atoms with E-state index in [1.807, 2.05) is 18.7 Å². The zero-order chi connectivity index (χ0) is 13.8. The molecule has 2 aromatic heterocycles. The summed E-state index contributed by atoms with van der Waals surface area (Å²) in [5, 5.41) is 18.2. The van der Waals surface area contributed by atoms with Crippen LogP contribution in [0.1, 0.15) is 41.7 Å². The molecule has 0 unspecified atom stereocenters. The van der Waals surface area contributed by atoms with Gasteiger partial charge in [0.1, 0.15) is 5.01 Å². The Balaban J connectivity index is 1.96. The highest BCUT2D eigenvalue weighted by molar-refractivity contribution is 7.15. The second-order valence-corrected chi connectivity index (χ2v) is 5.79. The summed E-state index contributed by atoms with van der Waals surface area (Å²) < 4.78 is 1.92. The zero-order valence-corrected chi connectivity index (χ0v) is 12.8. The van der Waals surface area contributed by atoms with E-state index in [2.05, 4.69) is 34.5 Å². The molecule has 0 aliphatic carbocycles. The molecule has 5 nitrogen and oxygen atoms in total. The highest BCUT2D eigenvalue weighted by atomic mass is 32.1. The number of rotatable bonds is 6. The molecule has 0 atom stereocenters. The third-order valence-electron chi connectivity index (χ3n) is 3.29. The molecule has 0 amide bonds. The number of aromatic nitrogens is 4. The summed E-state index contributed by atoms with van der Waals surface area (Å²) >= 11 is 1.65. The molecule has 19 heavy (non-hydrogen) atoms. The van der Waals surface area contributed by atoms with E-state index in [9.17, 15) is 0 Å². The van der Waals surface area contributed by atoms with Crippen LogP contribution in [-0.4, -0.2) is 20.0 Å². The molecule has 0 aliphatic rings. The van der Waals surface area contributed by atoms with Crippen molar-refractivity contribution >= 4 is 16.5 Å². The van der Waals surface area contributed by atoms with Crippen molar-refractivity contribution in [2.45, 2.75) is 46.6 Å². The van der Waals surface area contributed by atoms with E-state index in [1.165, 1.54) is 24.1 Å². The smallest absolute Gasteiger partial charge is 0.205 e. The molecule has 0 spiro atoms. The molecule has 0 saturated carbocycles. The maximum atomic E-state index is 4.41. The maximum Gasteiger partial charge on any atom is 0.205 e. The molecule has 104 valence electrons. The highest BCUT2D eigenvalue weighted by Gasteiger charge is 2.10. The van der Waals surface area contributed by atoms with Crippen molar-refractivity contribution in [2.24, 2.45) is 7.05 Å². The average molecular weight is 279 g/mol. The first-order valence-electron chi connectivity index (χ1n) is 6.67. The van der Waals surface area contributed by atoms with Gasteiger partial charge in [-0.05, 0) is 20.3 Å². The molecule has 2 heterocycles. The monoisotopic (exact) mass is 279 g/mol. The molecule has 2 aromatic rings. The van der Waals surface area contributed by atoms with E-state index in [0.717, 1.165) is 28.8 Å². The molecule has 2 rings (SSSR count). The van der Waals surface area contributed by atoms with Crippen molar-refractivity contribution in [2.75, 3.05) is 5.32 Å². The van der Waals surface area contributed by atoms with Crippen LogP contribution in [0.25, 0.3) is 0 Å². The number of unbranched alkanes of at least 4 members (excludes halogenated alkanes) is 1. The molecule has 0 aromatic carbocycles. The van der Waals surface area contributed by atoms with Gasteiger partial charge in [0.05, 0.1) is 5.69 Å². The number of nitrogens with one attached hydrogen (secondary N) is 1. The topological polar surface area (TPSA) is 55.6 Å². The summed E-state index contributed by atoms with van der Waals surface area (Å²) in [5.74, 6) is 0. The fraction of sp³-hybridized carbons (Fsp3) is 0.615. The van der Waals surface area contributed by atoms with Gasteiger partial charge in [0.25, 0.3) is 0 Å². The van der Waals surface area contributed by atoms with Crippen molar-refractivity contribution in [1.82, 2.24) is 20.0 Å². The first-order chi connectivity index (χ1) is 9.11. The van der Waals surface area contributed by atoms with Gasteiger partial charge in [-0.3, -0.25) is 4.68 Å². The molecule has 1 N–H and O–H groups in total. The summed E-state index contributed by atoms with van der Waals surface area (Å²) in [6.07, 6.45) is 3.40. The predicted octanol–water partition coefficient (Wildman–Crippen LogP) is 2.84. The lowest BCUT2D eigenvalue weighted by molar-refractivity contribution is 0.730. The third-order valence-corrected chi connectivity index (χ3v) is 4.23. The normalized spacial score (nSPS) is 10.9. The molecule has 0 saturated heterocycles. The van der Waals surface area contributed by atoms with Gasteiger partial charge in [0, 0.05) is 31.3 Å². The lowest BCUT2D eigenvalue weighted by atomic mass is 10.2. The van der Waals surface area contributed by atoms with Crippen LogP contribution in [0.2, 0.25) is 0 Å². The molecule has 6 heteroatoms. The maximum absolute atomic E-state index is 4.41. The van der Waals surface area contributed by atoms with Gasteiger partial charge in [-0.1, -0.05) is 24.7 Å². The summed E-state index contributed by atoms with van der Waals surface area (Å²) in [4.78, 5) is 0. The molecule has 0 radical (unpaired) electrons. The third kappa shape index (κ3) is 3.32. The quantitative estimate of drug-likeness (QED) is 0.883.